The number of nitrogens with one attached hydrogen (secondary N) is 1. The zero-order valence-corrected chi connectivity index (χ0v) is 20.2. The highest BCUT2D eigenvalue weighted by atomic mass is 79.9. The lowest BCUT2D eigenvalue weighted by Crippen LogP contribution is -2.34. The van der Waals surface area contributed by atoms with Crippen molar-refractivity contribution in [2.24, 2.45) is 11.8 Å². The van der Waals surface area contributed by atoms with E-state index < -0.39 is 11.9 Å². The highest BCUT2D eigenvalue weighted by Gasteiger charge is 2.52. The molecule has 0 spiro atoms. The number of anilines is 2. The molecular weight excluding hydrogens is 544 g/mol. The van der Waals surface area contributed by atoms with Crippen LogP contribution in [0.15, 0.2) is 42.5 Å². The third kappa shape index (κ3) is 4.11. The molecule has 4 rings (SSSR count). The molecule has 2 fully saturated rings. The summed E-state index contributed by atoms with van der Waals surface area (Å²) in [6, 6.07) is 10.8. The maximum absolute atomic E-state index is 13.0. The Balaban J connectivity index is 1.58. The van der Waals surface area contributed by atoms with Gasteiger partial charge in [-0.2, -0.15) is 0 Å². The van der Waals surface area contributed by atoms with E-state index in [1.165, 1.54) is 23.1 Å². The van der Waals surface area contributed by atoms with Gasteiger partial charge in [0, 0.05) is 20.9 Å². The minimum Gasteiger partial charge on any atom is -0.478 e. The lowest BCUT2D eigenvalue weighted by atomic mass is 9.81. The van der Waals surface area contributed by atoms with Gasteiger partial charge in [0.15, 0.2) is 0 Å². The fourth-order valence-corrected chi connectivity index (χ4v) is 5.46. The Morgan fingerprint density at radius 2 is 1.59 bits per heavy atom. The van der Waals surface area contributed by atoms with Gasteiger partial charge < -0.3 is 10.4 Å². The zero-order valence-electron chi connectivity index (χ0n) is 17.0. The van der Waals surface area contributed by atoms with Crippen molar-refractivity contribution >= 4 is 66.9 Å². The van der Waals surface area contributed by atoms with E-state index >= 15 is 0 Å². The maximum atomic E-state index is 13.0. The van der Waals surface area contributed by atoms with E-state index in [1.54, 1.807) is 31.2 Å². The van der Waals surface area contributed by atoms with Gasteiger partial charge in [-0.15, -0.1) is 0 Å². The summed E-state index contributed by atoms with van der Waals surface area (Å²) < 4.78 is 0. The van der Waals surface area contributed by atoms with Crippen molar-refractivity contribution in [3.63, 3.8) is 0 Å². The van der Waals surface area contributed by atoms with E-state index in [-0.39, 0.29) is 44.4 Å². The van der Waals surface area contributed by atoms with E-state index in [4.69, 9.17) is 0 Å². The summed E-state index contributed by atoms with van der Waals surface area (Å²) in [6.07, 6.45) is 1.14. The molecule has 0 unspecified atom stereocenters. The van der Waals surface area contributed by atoms with Crippen LogP contribution in [0.4, 0.5) is 11.4 Å². The van der Waals surface area contributed by atoms with Gasteiger partial charge in [-0.3, -0.25) is 19.3 Å². The molecule has 2 aromatic rings. The number of hydrogen-bond donors (Lipinski definition) is 2. The summed E-state index contributed by atoms with van der Waals surface area (Å²) >= 11 is 7.15. The lowest BCUT2D eigenvalue weighted by Gasteiger charge is -2.29. The average Bonchev–Trinajstić information content (AvgIpc) is 2.99. The predicted octanol–water partition coefficient (Wildman–Crippen LogP) is 4.37. The van der Waals surface area contributed by atoms with Gasteiger partial charge in [-0.1, -0.05) is 44.0 Å². The molecule has 2 aromatic carbocycles. The van der Waals surface area contributed by atoms with Crippen LogP contribution in [0.25, 0.3) is 0 Å². The van der Waals surface area contributed by atoms with E-state index in [0.29, 0.717) is 29.8 Å². The minimum absolute atomic E-state index is 0.0608. The second kappa shape index (κ2) is 8.78. The summed E-state index contributed by atoms with van der Waals surface area (Å²) in [5.41, 5.74) is 1.77. The number of fused-ring (bicyclic) bond motifs is 1. The predicted molar refractivity (Wildman–Crippen MR) is 127 cm³/mol. The molecule has 2 aliphatic rings. The van der Waals surface area contributed by atoms with Crippen LogP contribution in [0.5, 0.6) is 0 Å². The Hall–Kier alpha value is -2.52. The quantitative estimate of drug-likeness (QED) is 0.424. The van der Waals surface area contributed by atoms with Crippen LogP contribution in [-0.2, 0) is 9.59 Å². The summed E-state index contributed by atoms with van der Waals surface area (Å²) in [7, 11) is 0. The molecule has 1 saturated heterocycles. The van der Waals surface area contributed by atoms with E-state index in [1.807, 2.05) is 0 Å². The van der Waals surface area contributed by atoms with Crippen LogP contribution in [-0.4, -0.2) is 38.5 Å². The molecule has 0 aromatic heterocycles. The fourth-order valence-electron chi connectivity index (χ4n) is 4.22. The normalized spacial score (nSPS) is 24.9. The molecular formula is C23H20Br2N2O5. The second-order valence-electron chi connectivity index (χ2n) is 8.07. The largest absolute Gasteiger partial charge is 0.478 e. The fraction of sp³-hybridized carbons (Fsp3) is 0.304. The third-order valence-electron chi connectivity index (χ3n) is 6.01. The highest BCUT2D eigenvalue weighted by Crippen LogP contribution is 2.44. The first-order valence-electron chi connectivity index (χ1n) is 10.1. The minimum atomic E-state index is -1.09. The van der Waals surface area contributed by atoms with Crippen LogP contribution >= 0.6 is 31.9 Å². The number of aryl methyl sites for hydroxylation is 1. The van der Waals surface area contributed by atoms with E-state index in [2.05, 4.69) is 37.2 Å². The van der Waals surface area contributed by atoms with Crippen molar-refractivity contribution in [1.29, 1.82) is 0 Å². The van der Waals surface area contributed by atoms with Crippen LogP contribution in [0.1, 0.15) is 39.1 Å². The first-order chi connectivity index (χ1) is 15.2. The number of carboxylic acid groups (broad SMARTS) is 1. The van der Waals surface area contributed by atoms with Crippen LogP contribution in [0.3, 0.4) is 0 Å². The van der Waals surface area contributed by atoms with Crippen molar-refractivity contribution < 1.29 is 24.3 Å². The number of rotatable bonds is 4. The molecule has 1 aliphatic carbocycles. The number of benzene rings is 2. The smallest absolute Gasteiger partial charge is 0.335 e. The van der Waals surface area contributed by atoms with Gasteiger partial charge >= 0.3 is 5.97 Å². The van der Waals surface area contributed by atoms with Gasteiger partial charge in [-0.25, -0.2) is 4.79 Å². The highest BCUT2D eigenvalue weighted by molar-refractivity contribution is 9.12. The molecule has 3 amide bonds. The molecule has 166 valence electrons. The molecule has 0 radical (unpaired) electrons. The first kappa shape index (κ1) is 22.7. The number of imide groups is 1. The number of carboxylic acids is 1. The Morgan fingerprint density at radius 3 is 2.19 bits per heavy atom. The zero-order chi connectivity index (χ0) is 23.2. The van der Waals surface area contributed by atoms with E-state index in [9.17, 15) is 24.3 Å². The number of amides is 3. The van der Waals surface area contributed by atoms with Crippen molar-refractivity contribution in [2.75, 3.05) is 10.2 Å². The van der Waals surface area contributed by atoms with Gasteiger partial charge in [0.1, 0.15) is 0 Å². The molecule has 4 atom stereocenters. The van der Waals surface area contributed by atoms with Crippen LogP contribution in [0.2, 0.25) is 0 Å². The topological polar surface area (TPSA) is 104 Å². The second-order valence-corrected chi connectivity index (χ2v) is 10.4. The molecule has 0 bridgehead atoms. The van der Waals surface area contributed by atoms with Crippen LogP contribution in [0, 0.1) is 18.8 Å². The number of alkyl halides is 2. The number of carbonyl (C=O) groups excluding carboxylic acids is 3. The van der Waals surface area contributed by atoms with Gasteiger partial charge in [0.05, 0.1) is 23.1 Å². The van der Waals surface area contributed by atoms with Crippen molar-refractivity contribution in [3.05, 3.63) is 59.2 Å². The molecule has 1 heterocycles. The summed E-state index contributed by atoms with van der Waals surface area (Å²) in [5.74, 6) is -2.79. The Morgan fingerprint density at radius 1 is 0.969 bits per heavy atom. The SMILES string of the molecule is Cc1ccc(C(=O)O)cc1NC(=O)c1cccc(N2C(=O)[C@@H]3C[C@@H](Br)[C@@H](Br)C[C@H]3C2=O)c1. The summed E-state index contributed by atoms with van der Waals surface area (Å²) in [5, 5.41) is 11.9. The molecule has 1 aliphatic heterocycles. The molecule has 32 heavy (non-hydrogen) atoms. The standard InChI is InChI=1S/C23H20Br2N2O5/c1-11-5-6-13(23(31)32)8-19(11)26-20(28)12-3-2-4-14(7-12)27-21(29)15-9-17(24)18(25)10-16(15)22(27)30/h2-8,15-18H,9-10H2,1H3,(H,26,28)(H,31,32)/t15-,16-,17-,18+/m1/s1. The van der Waals surface area contributed by atoms with Crippen molar-refractivity contribution in [3.8, 4) is 0 Å². The Bertz CT molecular complexity index is 1110. The third-order valence-corrected chi connectivity index (χ3v) is 8.74. The maximum Gasteiger partial charge on any atom is 0.335 e. The number of nitrogens with zero attached hydrogens (tertiary/aromatic N) is 1. The monoisotopic (exact) mass is 562 g/mol. The number of hydrogen-bond acceptors (Lipinski definition) is 4. The average molecular weight is 564 g/mol. The van der Waals surface area contributed by atoms with E-state index in [0.717, 1.165) is 0 Å². The van der Waals surface area contributed by atoms with Crippen molar-refractivity contribution in [2.45, 2.75) is 29.4 Å². The molecule has 1 saturated carbocycles. The molecule has 2 N–H and O–H groups in total. The number of carbonyl (C=O) groups is 4. The van der Waals surface area contributed by atoms with Crippen molar-refractivity contribution in [1.82, 2.24) is 0 Å². The lowest BCUT2D eigenvalue weighted by molar-refractivity contribution is -0.122. The number of aromatic carboxylic acids is 1. The van der Waals surface area contributed by atoms with Gasteiger partial charge in [-0.05, 0) is 55.7 Å². The first-order valence-corrected chi connectivity index (χ1v) is 11.9. The molecule has 7 nitrogen and oxygen atoms in total. The Labute approximate surface area is 201 Å². The summed E-state index contributed by atoms with van der Waals surface area (Å²) in [6.45, 7) is 1.76. The number of halogens is 2. The molecule has 9 heteroatoms. The van der Waals surface area contributed by atoms with Gasteiger partial charge in [0.25, 0.3) is 5.91 Å². The van der Waals surface area contributed by atoms with Gasteiger partial charge in [0.2, 0.25) is 11.8 Å². The summed E-state index contributed by atoms with van der Waals surface area (Å²) in [4.78, 5) is 51.6. The van der Waals surface area contributed by atoms with Crippen LogP contribution < -0.4 is 10.2 Å². The Kier molecular flexibility index (Phi) is 6.22.